The van der Waals surface area contributed by atoms with Gasteiger partial charge in [-0.25, -0.2) is 9.18 Å². The summed E-state index contributed by atoms with van der Waals surface area (Å²) in [6.07, 6.45) is 1.55. The fourth-order valence-electron chi connectivity index (χ4n) is 2.47. The number of halogens is 1. The molecule has 0 amide bonds. The Hall–Kier alpha value is -3.08. The van der Waals surface area contributed by atoms with E-state index in [0.717, 1.165) is 16.3 Å². The SMILES string of the molecule is O=c1ccc2cc3ccoc3c(OCc3ccc(F)cc3)c2o1. The summed E-state index contributed by atoms with van der Waals surface area (Å²) >= 11 is 0. The first kappa shape index (κ1) is 13.6. The maximum Gasteiger partial charge on any atom is 0.336 e. The normalized spacial score (nSPS) is 11.2. The summed E-state index contributed by atoms with van der Waals surface area (Å²) in [5.74, 6) is 0.0582. The Bertz CT molecular complexity index is 1040. The van der Waals surface area contributed by atoms with Crippen LogP contribution in [0.4, 0.5) is 4.39 Å². The van der Waals surface area contributed by atoms with Crippen molar-refractivity contribution in [2.75, 3.05) is 0 Å². The third-order valence-corrected chi connectivity index (χ3v) is 3.58. The molecule has 114 valence electrons. The van der Waals surface area contributed by atoms with Gasteiger partial charge in [0.25, 0.3) is 0 Å². The van der Waals surface area contributed by atoms with Gasteiger partial charge in [-0.05, 0) is 35.9 Å². The lowest BCUT2D eigenvalue weighted by Gasteiger charge is -2.09. The average molecular weight is 310 g/mol. The van der Waals surface area contributed by atoms with Crippen molar-refractivity contribution in [1.29, 1.82) is 0 Å². The highest BCUT2D eigenvalue weighted by Crippen LogP contribution is 2.35. The maximum absolute atomic E-state index is 13.0. The van der Waals surface area contributed by atoms with Crippen LogP contribution in [0.3, 0.4) is 0 Å². The van der Waals surface area contributed by atoms with Gasteiger partial charge in [0.1, 0.15) is 12.4 Å². The Morgan fingerprint density at radius 3 is 2.57 bits per heavy atom. The van der Waals surface area contributed by atoms with Gasteiger partial charge in [0.15, 0.2) is 11.2 Å². The predicted molar refractivity (Wildman–Crippen MR) is 83.0 cm³/mol. The van der Waals surface area contributed by atoms with Crippen molar-refractivity contribution < 1.29 is 18.0 Å². The van der Waals surface area contributed by atoms with Gasteiger partial charge in [-0.15, -0.1) is 0 Å². The standard InChI is InChI=1S/C18H11FO4/c19-14-4-1-11(2-5-14)10-22-18-16-13(7-8-21-16)9-12-3-6-15(20)23-17(12)18/h1-9H,10H2. The molecule has 2 heterocycles. The van der Waals surface area contributed by atoms with Crippen molar-refractivity contribution in [1.82, 2.24) is 0 Å². The van der Waals surface area contributed by atoms with E-state index in [9.17, 15) is 9.18 Å². The van der Waals surface area contributed by atoms with Crippen LogP contribution in [0.5, 0.6) is 5.75 Å². The van der Waals surface area contributed by atoms with Crippen LogP contribution in [-0.2, 0) is 6.61 Å². The molecule has 2 aromatic carbocycles. The van der Waals surface area contributed by atoms with E-state index in [4.69, 9.17) is 13.6 Å². The maximum atomic E-state index is 13.0. The summed E-state index contributed by atoms with van der Waals surface area (Å²) in [6, 6.07) is 12.7. The molecule has 4 nitrogen and oxygen atoms in total. The van der Waals surface area contributed by atoms with E-state index >= 15 is 0 Å². The van der Waals surface area contributed by atoms with E-state index in [-0.39, 0.29) is 12.4 Å². The summed E-state index contributed by atoms with van der Waals surface area (Å²) < 4.78 is 29.5. The molecule has 0 unspecified atom stereocenters. The van der Waals surface area contributed by atoms with Crippen LogP contribution in [0.25, 0.3) is 21.9 Å². The summed E-state index contributed by atoms with van der Waals surface area (Å²) in [7, 11) is 0. The molecule has 0 saturated carbocycles. The van der Waals surface area contributed by atoms with Gasteiger partial charge in [0.2, 0.25) is 5.75 Å². The monoisotopic (exact) mass is 310 g/mol. The highest BCUT2D eigenvalue weighted by atomic mass is 19.1. The largest absolute Gasteiger partial charge is 0.481 e. The minimum Gasteiger partial charge on any atom is -0.481 e. The van der Waals surface area contributed by atoms with E-state index in [2.05, 4.69) is 0 Å². The predicted octanol–water partition coefficient (Wildman–Crippen LogP) is 4.26. The van der Waals surface area contributed by atoms with Crippen LogP contribution in [0.2, 0.25) is 0 Å². The highest BCUT2D eigenvalue weighted by molar-refractivity contribution is 5.99. The molecule has 0 spiro atoms. The van der Waals surface area contributed by atoms with E-state index in [1.807, 2.05) is 12.1 Å². The fourth-order valence-corrected chi connectivity index (χ4v) is 2.47. The lowest BCUT2D eigenvalue weighted by atomic mass is 10.1. The fraction of sp³-hybridized carbons (Fsp3) is 0.0556. The summed E-state index contributed by atoms with van der Waals surface area (Å²) in [5.41, 5.74) is 1.17. The summed E-state index contributed by atoms with van der Waals surface area (Å²) in [5, 5.41) is 1.59. The summed E-state index contributed by atoms with van der Waals surface area (Å²) in [6.45, 7) is 0.202. The lowest BCUT2D eigenvalue weighted by Crippen LogP contribution is -2.00. The Labute approximate surface area is 129 Å². The Morgan fingerprint density at radius 2 is 1.74 bits per heavy atom. The number of rotatable bonds is 3. The van der Waals surface area contributed by atoms with Crippen molar-refractivity contribution in [3.8, 4) is 5.75 Å². The molecule has 0 radical (unpaired) electrons. The van der Waals surface area contributed by atoms with Crippen LogP contribution in [0.15, 0.2) is 68.4 Å². The quantitative estimate of drug-likeness (QED) is 0.531. The van der Waals surface area contributed by atoms with Crippen LogP contribution in [-0.4, -0.2) is 0 Å². The first-order valence-electron chi connectivity index (χ1n) is 7.02. The molecule has 4 aromatic rings. The van der Waals surface area contributed by atoms with Crippen molar-refractivity contribution in [3.05, 3.63) is 76.6 Å². The molecule has 0 aliphatic heterocycles. The van der Waals surface area contributed by atoms with E-state index in [1.54, 1.807) is 24.5 Å². The molecular weight excluding hydrogens is 299 g/mol. The zero-order chi connectivity index (χ0) is 15.8. The van der Waals surface area contributed by atoms with Crippen molar-refractivity contribution in [3.63, 3.8) is 0 Å². The highest BCUT2D eigenvalue weighted by Gasteiger charge is 2.14. The second kappa shape index (κ2) is 5.28. The smallest absolute Gasteiger partial charge is 0.336 e. The molecule has 0 fully saturated rings. The topological polar surface area (TPSA) is 52.6 Å². The molecule has 0 aliphatic carbocycles. The van der Waals surface area contributed by atoms with Crippen LogP contribution in [0, 0.1) is 5.82 Å². The van der Waals surface area contributed by atoms with Crippen molar-refractivity contribution >= 4 is 21.9 Å². The zero-order valence-electron chi connectivity index (χ0n) is 11.9. The molecule has 5 heteroatoms. The minimum absolute atomic E-state index is 0.202. The second-order valence-corrected chi connectivity index (χ2v) is 5.13. The van der Waals surface area contributed by atoms with E-state index in [1.165, 1.54) is 18.2 Å². The van der Waals surface area contributed by atoms with Crippen LogP contribution in [0.1, 0.15) is 5.56 Å². The molecule has 0 atom stereocenters. The van der Waals surface area contributed by atoms with Gasteiger partial charge < -0.3 is 13.6 Å². The van der Waals surface area contributed by atoms with Crippen molar-refractivity contribution in [2.45, 2.75) is 6.61 Å². The van der Waals surface area contributed by atoms with E-state index in [0.29, 0.717) is 16.9 Å². The minimum atomic E-state index is -0.463. The number of ether oxygens (including phenoxy) is 1. The molecule has 0 aliphatic rings. The van der Waals surface area contributed by atoms with Gasteiger partial charge in [-0.2, -0.15) is 0 Å². The molecule has 0 saturated heterocycles. The lowest BCUT2D eigenvalue weighted by molar-refractivity contribution is 0.303. The number of hydrogen-bond donors (Lipinski definition) is 0. The average Bonchev–Trinajstić information content (AvgIpc) is 3.01. The van der Waals surface area contributed by atoms with E-state index < -0.39 is 5.63 Å². The van der Waals surface area contributed by atoms with Gasteiger partial charge in [-0.1, -0.05) is 12.1 Å². The number of fused-ring (bicyclic) bond motifs is 2. The molecule has 0 bridgehead atoms. The van der Waals surface area contributed by atoms with Crippen LogP contribution >= 0.6 is 0 Å². The van der Waals surface area contributed by atoms with Gasteiger partial charge >= 0.3 is 5.63 Å². The zero-order valence-corrected chi connectivity index (χ0v) is 11.9. The van der Waals surface area contributed by atoms with Crippen molar-refractivity contribution in [2.24, 2.45) is 0 Å². The second-order valence-electron chi connectivity index (χ2n) is 5.13. The van der Waals surface area contributed by atoms with Gasteiger partial charge in [0.05, 0.1) is 6.26 Å². The first-order chi connectivity index (χ1) is 11.2. The number of furan rings is 1. The van der Waals surface area contributed by atoms with Gasteiger partial charge in [-0.3, -0.25) is 0 Å². The third kappa shape index (κ3) is 2.46. The molecular formula is C18H11FO4. The number of hydrogen-bond acceptors (Lipinski definition) is 4. The first-order valence-corrected chi connectivity index (χ1v) is 7.02. The van der Waals surface area contributed by atoms with Crippen LogP contribution < -0.4 is 10.4 Å². The molecule has 23 heavy (non-hydrogen) atoms. The molecule has 4 rings (SSSR count). The molecule has 0 N–H and O–H groups in total. The molecule has 2 aromatic heterocycles. The Morgan fingerprint density at radius 1 is 0.957 bits per heavy atom. The summed E-state index contributed by atoms with van der Waals surface area (Å²) in [4.78, 5) is 11.5. The Balaban J connectivity index is 1.82. The Kier molecular flexibility index (Phi) is 3.12. The number of benzene rings is 2. The third-order valence-electron chi connectivity index (χ3n) is 3.58. The van der Waals surface area contributed by atoms with Gasteiger partial charge in [0, 0.05) is 16.8 Å².